The second-order valence-electron chi connectivity index (χ2n) is 4.89. The van der Waals surface area contributed by atoms with Gasteiger partial charge in [0.15, 0.2) is 0 Å². The van der Waals surface area contributed by atoms with Crippen LogP contribution in [0.3, 0.4) is 0 Å². The fourth-order valence-corrected chi connectivity index (χ4v) is 2.16. The number of benzene rings is 1. The second-order valence-corrected chi connectivity index (χ2v) is 6.02. The number of alkyl halides is 14. The van der Waals surface area contributed by atoms with Gasteiger partial charge in [0.2, 0.25) is 0 Å². The van der Waals surface area contributed by atoms with Gasteiger partial charge in [0, 0.05) is 0 Å². The number of rotatable bonds is 2. The molecule has 1 aromatic rings. The fraction of sp³-hybridized carbons (Fsp3) is 0.500. The molecule has 0 spiro atoms. The van der Waals surface area contributed by atoms with Gasteiger partial charge in [-0.05, 0) is 11.1 Å². The molecule has 1 rings (SSSR count). The van der Waals surface area contributed by atoms with E-state index in [4.69, 9.17) is 0 Å². The SMILES string of the molecule is FC(F)(F)C(Cl)(c1ccc(C(Cl)(C(F)(F)F)C(F)(F)F)cc1)C(F)(F)F. The molecule has 0 bridgehead atoms. The van der Waals surface area contributed by atoms with E-state index in [1.165, 1.54) is 0 Å². The summed E-state index contributed by atoms with van der Waals surface area (Å²) >= 11 is 9.27. The minimum Gasteiger partial charge on any atom is -0.168 e. The van der Waals surface area contributed by atoms with Gasteiger partial charge < -0.3 is 0 Å². The Balaban J connectivity index is 3.61. The van der Waals surface area contributed by atoms with Gasteiger partial charge in [-0.1, -0.05) is 47.5 Å². The van der Waals surface area contributed by atoms with Crippen LogP contribution in [0.1, 0.15) is 11.1 Å². The predicted molar refractivity (Wildman–Crippen MR) is 65.7 cm³/mol. The third-order valence-electron chi connectivity index (χ3n) is 3.24. The summed E-state index contributed by atoms with van der Waals surface area (Å²) in [5.74, 6) is 0. The minimum atomic E-state index is -6.15. The van der Waals surface area contributed by atoms with E-state index < -0.39 is 45.6 Å². The first-order valence-corrected chi connectivity index (χ1v) is 6.72. The highest BCUT2D eigenvalue weighted by Crippen LogP contribution is 2.57. The van der Waals surface area contributed by atoms with Crippen LogP contribution < -0.4 is 0 Å². The monoisotopic (exact) mass is 446 g/mol. The summed E-state index contributed by atoms with van der Waals surface area (Å²) in [6.07, 6.45) is -24.6. The molecule has 0 amide bonds. The lowest BCUT2D eigenvalue weighted by molar-refractivity contribution is -0.274. The smallest absolute Gasteiger partial charge is 0.168 e. The summed E-state index contributed by atoms with van der Waals surface area (Å²) < 4.78 is 153. The molecule has 0 aliphatic rings. The van der Waals surface area contributed by atoms with E-state index in [1.54, 1.807) is 0 Å². The standard InChI is InChI=1S/C12H4Cl2F12/c13-7(9(15,16)17,10(18,19)20)5-1-2-6(4-3-5)8(14,11(21,22)23)12(24,25)26/h1-4H. The van der Waals surface area contributed by atoms with Crippen molar-refractivity contribution >= 4 is 23.2 Å². The summed E-state index contributed by atoms with van der Waals surface area (Å²) in [6.45, 7) is 0. The van der Waals surface area contributed by atoms with Crippen molar-refractivity contribution in [2.75, 3.05) is 0 Å². The first kappa shape index (κ1) is 23.0. The quantitative estimate of drug-likeness (QED) is 0.346. The van der Waals surface area contributed by atoms with Gasteiger partial charge in [0.25, 0.3) is 9.75 Å². The van der Waals surface area contributed by atoms with E-state index in [0.29, 0.717) is 0 Å². The molecule has 0 saturated carbocycles. The Bertz CT molecular complexity index is 550. The van der Waals surface area contributed by atoms with Crippen LogP contribution in [-0.4, -0.2) is 24.7 Å². The minimum absolute atomic E-state index is 0.252. The lowest BCUT2D eigenvalue weighted by atomic mass is 9.91. The van der Waals surface area contributed by atoms with Crippen molar-refractivity contribution in [1.29, 1.82) is 0 Å². The van der Waals surface area contributed by atoms with Crippen LogP contribution in [0.4, 0.5) is 52.7 Å². The third kappa shape index (κ3) is 3.41. The maximum atomic E-state index is 12.8. The molecule has 0 saturated heterocycles. The van der Waals surface area contributed by atoms with E-state index in [2.05, 4.69) is 23.2 Å². The maximum absolute atomic E-state index is 12.8. The fourth-order valence-electron chi connectivity index (χ4n) is 1.91. The molecule has 1 aromatic carbocycles. The van der Waals surface area contributed by atoms with E-state index in [9.17, 15) is 52.7 Å². The molecular formula is C12H4Cl2F12. The van der Waals surface area contributed by atoms with Crippen LogP contribution in [0.5, 0.6) is 0 Å². The molecule has 0 unspecified atom stereocenters. The van der Waals surface area contributed by atoms with Crippen LogP contribution in [-0.2, 0) is 9.75 Å². The van der Waals surface area contributed by atoms with Gasteiger partial charge >= 0.3 is 24.7 Å². The van der Waals surface area contributed by atoms with Gasteiger partial charge in [-0.25, -0.2) is 0 Å². The van der Waals surface area contributed by atoms with E-state index in [0.717, 1.165) is 0 Å². The maximum Gasteiger partial charge on any atom is 0.420 e. The lowest BCUT2D eigenvalue weighted by Gasteiger charge is -2.34. The molecule has 14 heteroatoms. The van der Waals surface area contributed by atoms with Crippen molar-refractivity contribution in [3.63, 3.8) is 0 Å². The normalized spacial score (nSPS) is 15.3. The van der Waals surface area contributed by atoms with Crippen LogP contribution in [0.2, 0.25) is 0 Å². The summed E-state index contributed by atoms with van der Waals surface area (Å²) in [6, 6.07) is -1.01. The average Bonchev–Trinajstić information content (AvgIpc) is 2.40. The molecule has 0 aliphatic heterocycles. The Morgan fingerprint density at radius 2 is 0.577 bits per heavy atom. The van der Waals surface area contributed by atoms with Crippen LogP contribution in [0.25, 0.3) is 0 Å². The van der Waals surface area contributed by atoms with Crippen molar-refractivity contribution < 1.29 is 52.7 Å². The molecule has 0 heterocycles. The Labute approximate surface area is 146 Å². The highest BCUT2D eigenvalue weighted by molar-refractivity contribution is 6.26. The third-order valence-corrected chi connectivity index (χ3v) is 4.54. The van der Waals surface area contributed by atoms with Gasteiger partial charge in [0.1, 0.15) is 0 Å². The average molecular weight is 447 g/mol. The van der Waals surface area contributed by atoms with Crippen molar-refractivity contribution in [2.45, 2.75) is 34.5 Å². The van der Waals surface area contributed by atoms with Crippen LogP contribution in [0, 0.1) is 0 Å². The molecule has 0 aromatic heterocycles. The zero-order valence-electron chi connectivity index (χ0n) is 11.6. The highest BCUT2D eigenvalue weighted by atomic mass is 35.5. The summed E-state index contributed by atoms with van der Waals surface area (Å²) in [4.78, 5) is -10.1. The largest absolute Gasteiger partial charge is 0.420 e. The number of hydrogen-bond donors (Lipinski definition) is 0. The van der Waals surface area contributed by atoms with E-state index in [-0.39, 0.29) is 24.3 Å². The molecule has 0 N–H and O–H groups in total. The predicted octanol–water partition coefficient (Wildman–Crippen LogP) is 6.80. The Hall–Kier alpha value is -1.04. The Morgan fingerprint density at radius 3 is 0.692 bits per heavy atom. The zero-order valence-corrected chi connectivity index (χ0v) is 13.1. The zero-order chi connectivity index (χ0) is 21.0. The lowest BCUT2D eigenvalue weighted by Crippen LogP contribution is -2.50. The topological polar surface area (TPSA) is 0 Å². The summed E-state index contributed by atoms with van der Waals surface area (Å²) in [7, 11) is 0. The molecular weight excluding hydrogens is 443 g/mol. The molecule has 26 heavy (non-hydrogen) atoms. The van der Waals surface area contributed by atoms with Crippen LogP contribution >= 0.6 is 23.2 Å². The van der Waals surface area contributed by atoms with Crippen molar-refractivity contribution in [3.8, 4) is 0 Å². The van der Waals surface area contributed by atoms with Gasteiger partial charge in [0.05, 0.1) is 0 Å². The van der Waals surface area contributed by atoms with Crippen molar-refractivity contribution in [2.24, 2.45) is 0 Å². The Morgan fingerprint density at radius 1 is 0.423 bits per heavy atom. The summed E-state index contributed by atoms with van der Waals surface area (Å²) in [5.41, 5.74) is -3.66. The Kier molecular flexibility index (Phi) is 5.53. The number of halogens is 14. The van der Waals surface area contributed by atoms with E-state index in [1.807, 2.05) is 0 Å². The van der Waals surface area contributed by atoms with Crippen molar-refractivity contribution in [3.05, 3.63) is 35.4 Å². The second kappa shape index (κ2) is 6.25. The highest BCUT2D eigenvalue weighted by Gasteiger charge is 2.73. The van der Waals surface area contributed by atoms with Crippen LogP contribution in [0.15, 0.2) is 24.3 Å². The molecule has 0 fully saturated rings. The van der Waals surface area contributed by atoms with E-state index >= 15 is 0 Å². The van der Waals surface area contributed by atoms with Gasteiger partial charge in [-0.3, -0.25) is 0 Å². The summed E-state index contributed by atoms with van der Waals surface area (Å²) in [5, 5.41) is 0. The molecule has 0 nitrogen and oxygen atoms in total. The molecule has 0 radical (unpaired) electrons. The molecule has 0 aliphatic carbocycles. The molecule has 150 valence electrons. The first-order valence-electron chi connectivity index (χ1n) is 5.97. The van der Waals surface area contributed by atoms with Gasteiger partial charge in [-0.15, -0.1) is 0 Å². The van der Waals surface area contributed by atoms with Gasteiger partial charge in [-0.2, -0.15) is 52.7 Å². The number of hydrogen-bond acceptors (Lipinski definition) is 0. The van der Waals surface area contributed by atoms with Crippen molar-refractivity contribution in [1.82, 2.24) is 0 Å². The molecule has 0 atom stereocenters. The first-order chi connectivity index (χ1) is 11.2.